The van der Waals surface area contributed by atoms with E-state index in [1.807, 2.05) is 86.6 Å². The van der Waals surface area contributed by atoms with Crippen LogP contribution < -0.4 is 10.1 Å². The van der Waals surface area contributed by atoms with E-state index in [0.717, 1.165) is 27.2 Å². The summed E-state index contributed by atoms with van der Waals surface area (Å²) in [4.78, 5) is 41.4. The van der Waals surface area contributed by atoms with Gasteiger partial charge in [0.25, 0.3) is 0 Å². The fourth-order valence-electron chi connectivity index (χ4n) is 7.66. The fourth-order valence-corrected chi connectivity index (χ4v) is 8.76. The lowest BCUT2D eigenvalue weighted by Gasteiger charge is -2.54. The molecule has 240 valence electrons. The first-order chi connectivity index (χ1) is 22.3. The Morgan fingerprint density at radius 1 is 0.723 bits per heavy atom. The number of ether oxygens (including phenoxy) is 1. The maximum atomic E-state index is 14.5. The molecule has 0 radical (unpaired) electrons. The van der Waals surface area contributed by atoms with Gasteiger partial charge in [-0.1, -0.05) is 95.3 Å². The Hall–Kier alpha value is -4.13. The average Bonchev–Trinajstić information content (AvgIpc) is 3.31. The van der Waals surface area contributed by atoms with Gasteiger partial charge < -0.3 is 10.1 Å². The van der Waals surface area contributed by atoms with Crippen molar-refractivity contribution in [2.24, 2.45) is 17.8 Å². The summed E-state index contributed by atoms with van der Waals surface area (Å²) in [5.41, 5.74) is 4.64. The molecule has 0 aromatic heterocycles. The first kappa shape index (κ1) is 31.5. The lowest BCUT2D eigenvalue weighted by molar-refractivity contribution is -0.148. The predicted octanol–water partition coefficient (Wildman–Crippen LogP) is 8.33. The van der Waals surface area contributed by atoms with Crippen molar-refractivity contribution >= 4 is 46.6 Å². The lowest BCUT2D eigenvalue weighted by Crippen LogP contribution is -2.57. The molecular formula is C39H36Cl2N2O4. The summed E-state index contributed by atoms with van der Waals surface area (Å²) in [6, 6.07) is 28.9. The van der Waals surface area contributed by atoms with Gasteiger partial charge in [0.1, 0.15) is 27.3 Å². The minimum atomic E-state index is -1.31. The highest BCUT2D eigenvalue weighted by molar-refractivity contribution is 6.36. The minimum Gasteiger partial charge on any atom is -0.457 e. The van der Waals surface area contributed by atoms with E-state index in [0.29, 0.717) is 17.2 Å². The molecule has 1 N–H and O–H groups in total. The number of rotatable bonds is 6. The molecule has 3 atom stereocenters. The molecule has 6 nitrogen and oxygen atoms in total. The van der Waals surface area contributed by atoms with E-state index in [9.17, 15) is 14.4 Å². The Balaban J connectivity index is 1.16. The number of likely N-dealkylation sites (tertiary alicyclic amines) is 1. The number of amides is 3. The molecule has 0 spiro atoms. The van der Waals surface area contributed by atoms with Crippen LogP contribution in [0.25, 0.3) is 0 Å². The highest BCUT2D eigenvalue weighted by Gasteiger charge is 2.73. The zero-order valence-electron chi connectivity index (χ0n) is 26.9. The molecule has 2 bridgehead atoms. The van der Waals surface area contributed by atoms with Crippen molar-refractivity contribution in [3.8, 4) is 11.5 Å². The number of hydrogen-bond acceptors (Lipinski definition) is 4. The molecule has 8 rings (SSSR count). The van der Waals surface area contributed by atoms with Crippen molar-refractivity contribution in [3.05, 3.63) is 125 Å². The maximum absolute atomic E-state index is 14.5. The third kappa shape index (κ3) is 4.63. The monoisotopic (exact) mass is 666 g/mol. The van der Waals surface area contributed by atoms with Crippen LogP contribution in [0.15, 0.2) is 97.1 Å². The zero-order chi connectivity index (χ0) is 33.5. The molecule has 1 fully saturated rings. The number of benzene rings is 4. The van der Waals surface area contributed by atoms with Crippen molar-refractivity contribution in [3.63, 3.8) is 0 Å². The Labute approximate surface area is 285 Å². The Morgan fingerprint density at radius 2 is 1.13 bits per heavy atom. The second-order valence-corrected chi connectivity index (χ2v) is 15.3. The van der Waals surface area contributed by atoms with Crippen LogP contribution in [0.1, 0.15) is 62.4 Å². The van der Waals surface area contributed by atoms with E-state index in [-0.39, 0.29) is 11.3 Å². The lowest BCUT2D eigenvalue weighted by atomic mass is 9.54. The van der Waals surface area contributed by atoms with Gasteiger partial charge in [-0.05, 0) is 75.5 Å². The second kappa shape index (κ2) is 11.0. The van der Waals surface area contributed by atoms with Crippen molar-refractivity contribution in [1.82, 2.24) is 4.90 Å². The summed E-state index contributed by atoms with van der Waals surface area (Å²) in [6.45, 7) is 10.1. The molecule has 1 heterocycles. The summed E-state index contributed by atoms with van der Waals surface area (Å²) < 4.78 is 6.02. The molecule has 0 saturated carbocycles. The SMILES string of the molecule is CC(C)[C@@H](C(=O)Nc1ccc(Oc2ccc(C(C)(C)C)cc2)cc1)N1C(=O)[C@@H]2[C@@H](C1=O)C1(Cl)c3ccccc3C2(Cl)c2ccccc21. The summed E-state index contributed by atoms with van der Waals surface area (Å²) in [6.07, 6.45) is 0. The number of nitrogens with one attached hydrogen (secondary N) is 1. The van der Waals surface area contributed by atoms with Crippen molar-refractivity contribution in [2.75, 3.05) is 5.32 Å². The second-order valence-electron chi connectivity index (χ2n) is 14.1. The Bertz CT molecular complexity index is 1790. The maximum Gasteiger partial charge on any atom is 0.247 e. The van der Waals surface area contributed by atoms with Crippen molar-refractivity contribution in [1.29, 1.82) is 0 Å². The topological polar surface area (TPSA) is 75.7 Å². The van der Waals surface area contributed by atoms with Crippen LogP contribution in [0, 0.1) is 17.8 Å². The van der Waals surface area contributed by atoms with Crippen LogP contribution in [-0.2, 0) is 29.5 Å². The van der Waals surface area contributed by atoms with E-state index >= 15 is 0 Å². The molecular weight excluding hydrogens is 631 g/mol. The third-order valence-electron chi connectivity index (χ3n) is 9.88. The molecule has 4 aromatic carbocycles. The van der Waals surface area contributed by atoms with Gasteiger partial charge in [-0.3, -0.25) is 19.3 Å². The number of anilines is 1. The summed E-state index contributed by atoms with van der Waals surface area (Å²) in [5, 5.41) is 2.92. The number of halogens is 2. The van der Waals surface area contributed by atoms with Crippen LogP contribution in [0.2, 0.25) is 0 Å². The van der Waals surface area contributed by atoms with E-state index in [2.05, 4.69) is 26.1 Å². The number of alkyl halides is 2. The van der Waals surface area contributed by atoms with E-state index in [4.69, 9.17) is 27.9 Å². The van der Waals surface area contributed by atoms with Gasteiger partial charge in [0.2, 0.25) is 17.7 Å². The zero-order valence-corrected chi connectivity index (χ0v) is 28.4. The Morgan fingerprint density at radius 3 is 1.51 bits per heavy atom. The van der Waals surface area contributed by atoms with Crippen LogP contribution in [0.4, 0.5) is 5.69 Å². The number of carbonyl (C=O) groups excluding carboxylic acids is 3. The molecule has 1 aliphatic heterocycles. The number of imide groups is 1. The molecule has 8 heteroatoms. The molecule has 3 amide bonds. The van der Waals surface area contributed by atoms with Gasteiger partial charge >= 0.3 is 0 Å². The summed E-state index contributed by atoms with van der Waals surface area (Å²) >= 11 is 15.1. The van der Waals surface area contributed by atoms with Crippen LogP contribution in [0.5, 0.6) is 11.5 Å². The standard InChI is InChI=1S/C39H36Cl2N2O4/c1-22(2)33(34(44)42-24-16-20-26(21-17-24)47-25-18-14-23(15-19-25)37(3,4)5)43-35(45)31-32(36(43)46)39(41)28-11-7-6-10-27(28)38(31,40)29-12-8-9-13-30(29)39/h6-22,31-33H,1-5H3,(H,42,44)/t31-,32-,33-,38?,39?/m0/s1. The van der Waals surface area contributed by atoms with Gasteiger partial charge in [0.15, 0.2) is 0 Å². The van der Waals surface area contributed by atoms with Crippen molar-refractivity contribution in [2.45, 2.75) is 55.8 Å². The van der Waals surface area contributed by atoms with E-state index in [1.54, 1.807) is 24.3 Å². The average molecular weight is 668 g/mol. The highest BCUT2D eigenvalue weighted by atomic mass is 35.5. The molecule has 1 saturated heterocycles. The quantitative estimate of drug-likeness (QED) is 0.166. The largest absolute Gasteiger partial charge is 0.457 e. The fraction of sp³-hybridized carbons (Fsp3) is 0.308. The highest BCUT2D eigenvalue weighted by Crippen LogP contribution is 2.69. The predicted molar refractivity (Wildman–Crippen MR) is 184 cm³/mol. The molecule has 4 aliphatic rings. The van der Waals surface area contributed by atoms with Crippen LogP contribution >= 0.6 is 23.2 Å². The molecule has 0 unspecified atom stereocenters. The van der Waals surface area contributed by atoms with Gasteiger partial charge in [-0.2, -0.15) is 0 Å². The van der Waals surface area contributed by atoms with Crippen LogP contribution in [-0.4, -0.2) is 28.7 Å². The first-order valence-electron chi connectivity index (χ1n) is 15.9. The number of carbonyl (C=O) groups is 3. The van der Waals surface area contributed by atoms with Gasteiger partial charge in [0, 0.05) is 5.69 Å². The normalized spacial score (nSPS) is 24.9. The van der Waals surface area contributed by atoms with Gasteiger partial charge in [0.05, 0.1) is 11.8 Å². The third-order valence-corrected chi connectivity index (χ3v) is 11.2. The van der Waals surface area contributed by atoms with Gasteiger partial charge in [-0.15, -0.1) is 23.2 Å². The molecule has 47 heavy (non-hydrogen) atoms. The molecule has 3 aliphatic carbocycles. The first-order valence-corrected chi connectivity index (χ1v) is 16.7. The summed E-state index contributed by atoms with van der Waals surface area (Å²) in [5.74, 6) is -2.46. The van der Waals surface area contributed by atoms with Crippen LogP contribution in [0.3, 0.4) is 0 Å². The van der Waals surface area contributed by atoms with E-state index < -0.39 is 45.3 Å². The van der Waals surface area contributed by atoms with Gasteiger partial charge in [-0.25, -0.2) is 0 Å². The van der Waals surface area contributed by atoms with Crippen molar-refractivity contribution < 1.29 is 19.1 Å². The summed E-state index contributed by atoms with van der Waals surface area (Å²) in [7, 11) is 0. The minimum absolute atomic E-state index is 0.0426. The Kier molecular flexibility index (Phi) is 7.34. The number of nitrogens with zero attached hydrogens (tertiary/aromatic N) is 1. The smallest absolute Gasteiger partial charge is 0.247 e. The number of hydrogen-bond donors (Lipinski definition) is 1. The van der Waals surface area contributed by atoms with E-state index in [1.165, 1.54) is 5.56 Å². The molecule has 4 aromatic rings.